The Hall–Kier alpha value is -6.78. The van der Waals surface area contributed by atoms with E-state index in [0.29, 0.717) is 0 Å². The minimum atomic E-state index is -0.658. The third kappa shape index (κ3) is 3.84. The second-order valence-corrected chi connectivity index (χ2v) is 13.4. The van der Waals surface area contributed by atoms with Crippen molar-refractivity contribution in [3.63, 3.8) is 0 Å². The van der Waals surface area contributed by atoms with Gasteiger partial charge in [-0.1, -0.05) is 115 Å². The van der Waals surface area contributed by atoms with Crippen LogP contribution in [0.3, 0.4) is 0 Å². The first-order valence-corrected chi connectivity index (χ1v) is 17.4. The van der Waals surface area contributed by atoms with Gasteiger partial charge in [0.25, 0.3) is 0 Å². The topological polar surface area (TPSA) is 35.6 Å². The molecule has 4 heteroatoms. The molecular formula is C47H30N4. The highest BCUT2D eigenvalue weighted by atomic mass is 15.3. The molecule has 3 aromatic heterocycles. The number of hydrogen-bond donors (Lipinski definition) is 0. The van der Waals surface area contributed by atoms with Crippen LogP contribution < -0.4 is 0 Å². The van der Waals surface area contributed by atoms with Gasteiger partial charge in [-0.25, -0.2) is 4.68 Å². The summed E-state index contributed by atoms with van der Waals surface area (Å²) >= 11 is 0. The van der Waals surface area contributed by atoms with Gasteiger partial charge in [-0.05, 0) is 97.9 Å². The molecule has 7 aromatic carbocycles. The van der Waals surface area contributed by atoms with E-state index in [0.717, 1.165) is 22.6 Å². The number of rotatable bonds is 4. The molecule has 0 spiro atoms. The van der Waals surface area contributed by atoms with Crippen LogP contribution in [0.15, 0.2) is 182 Å². The fourth-order valence-electron chi connectivity index (χ4n) is 8.85. The Labute approximate surface area is 294 Å². The van der Waals surface area contributed by atoms with Crippen LogP contribution in [0, 0.1) is 0 Å². The van der Waals surface area contributed by atoms with Gasteiger partial charge >= 0.3 is 0 Å². The Morgan fingerprint density at radius 1 is 0.451 bits per heavy atom. The molecule has 0 N–H and O–H groups in total. The summed E-state index contributed by atoms with van der Waals surface area (Å²) in [7, 11) is 0. The van der Waals surface area contributed by atoms with Gasteiger partial charge in [0.15, 0.2) is 0 Å². The Morgan fingerprint density at radius 2 is 1.14 bits per heavy atom. The molecule has 0 atom stereocenters. The van der Waals surface area contributed by atoms with E-state index in [9.17, 15) is 0 Å². The van der Waals surface area contributed by atoms with Crippen LogP contribution in [0.5, 0.6) is 0 Å². The van der Waals surface area contributed by atoms with Crippen LogP contribution in [0.25, 0.3) is 65.9 Å². The zero-order valence-corrected chi connectivity index (χ0v) is 27.6. The molecule has 238 valence electrons. The maximum atomic E-state index is 5.18. The molecule has 0 aliphatic heterocycles. The normalized spacial score (nSPS) is 13.3. The maximum Gasteiger partial charge on any atom is 0.0887 e. The van der Waals surface area contributed by atoms with Crippen LogP contribution >= 0.6 is 0 Å². The van der Waals surface area contributed by atoms with E-state index in [4.69, 9.17) is 4.98 Å². The Bertz CT molecular complexity index is 2890. The van der Waals surface area contributed by atoms with Crippen molar-refractivity contribution < 1.29 is 0 Å². The van der Waals surface area contributed by atoms with E-state index in [1.54, 1.807) is 0 Å². The van der Waals surface area contributed by atoms with Gasteiger partial charge < -0.3 is 4.57 Å². The smallest absolute Gasteiger partial charge is 0.0887 e. The minimum Gasteiger partial charge on any atom is -0.309 e. The summed E-state index contributed by atoms with van der Waals surface area (Å²) in [6.45, 7) is 0. The number of fused-ring (bicyclic) bond motifs is 10. The highest BCUT2D eigenvalue weighted by molar-refractivity contribution is 6.12. The molecule has 10 aromatic rings. The van der Waals surface area contributed by atoms with Crippen molar-refractivity contribution in [1.29, 1.82) is 0 Å². The molecule has 0 saturated carbocycles. The van der Waals surface area contributed by atoms with Crippen molar-refractivity contribution in [1.82, 2.24) is 19.3 Å². The molecule has 0 bridgehead atoms. The van der Waals surface area contributed by atoms with Crippen molar-refractivity contribution >= 4 is 43.4 Å². The van der Waals surface area contributed by atoms with Crippen LogP contribution in [-0.2, 0) is 5.41 Å². The molecule has 1 aliphatic carbocycles. The van der Waals surface area contributed by atoms with E-state index in [1.807, 2.05) is 35.4 Å². The lowest BCUT2D eigenvalue weighted by atomic mass is 9.69. The van der Waals surface area contributed by atoms with Gasteiger partial charge in [-0.3, -0.25) is 4.98 Å². The van der Waals surface area contributed by atoms with Crippen LogP contribution in [0.1, 0.15) is 22.4 Å². The molecule has 0 saturated heterocycles. The monoisotopic (exact) mass is 650 g/mol. The fourth-order valence-corrected chi connectivity index (χ4v) is 8.85. The van der Waals surface area contributed by atoms with Crippen molar-refractivity contribution in [3.8, 4) is 22.5 Å². The van der Waals surface area contributed by atoms with E-state index < -0.39 is 5.41 Å². The Morgan fingerprint density at radius 3 is 1.84 bits per heavy atom. The highest BCUT2D eigenvalue weighted by Gasteiger charge is 2.48. The van der Waals surface area contributed by atoms with Crippen LogP contribution in [0.4, 0.5) is 0 Å². The number of benzene rings is 7. The molecule has 51 heavy (non-hydrogen) atoms. The molecule has 0 fully saturated rings. The molecule has 0 radical (unpaired) electrons. The molecule has 11 rings (SSSR count). The SMILES string of the molecule is c1ccc(C2(c3cccc(-n4c5ccccc5c5ccc(-n6cccn6)cc54)c3)c3ccc4ccccc4c3-c3c2ccc2ccccc32)nc1. The second-order valence-electron chi connectivity index (χ2n) is 13.4. The van der Waals surface area contributed by atoms with Crippen molar-refractivity contribution in [2.75, 3.05) is 0 Å². The third-order valence-corrected chi connectivity index (χ3v) is 10.9. The van der Waals surface area contributed by atoms with Crippen LogP contribution in [-0.4, -0.2) is 19.3 Å². The molecular weight excluding hydrogens is 621 g/mol. The minimum absolute atomic E-state index is 0.658. The summed E-state index contributed by atoms with van der Waals surface area (Å²) in [4.78, 5) is 5.18. The summed E-state index contributed by atoms with van der Waals surface area (Å²) in [6, 6.07) is 59.6. The third-order valence-electron chi connectivity index (χ3n) is 10.9. The van der Waals surface area contributed by atoms with Gasteiger partial charge in [-0.15, -0.1) is 0 Å². The number of aromatic nitrogens is 4. The molecule has 3 heterocycles. The van der Waals surface area contributed by atoms with Crippen molar-refractivity contribution in [2.24, 2.45) is 0 Å². The highest BCUT2D eigenvalue weighted by Crippen LogP contribution is 2.59. The molecule has 1 aliphatic rings. The molecule has 4 nitrogen and oxygen atoms in total. The van der Waals surface area contributed by atoms with E-state index in [2.05, 4.69) is 161 Å². The summed E-state index contributed by atoms with van der Waals surface area (Å²) < 4.78 is 4.33. The largest absolute Gasteiger partial charge is 0.309 e. The first kappa shape index (κ1) is 28.1. The predicted molar refractivity (Wildman–Crippen MR) is 208 cm³/mol. The van der Waals surface area contributed by atoms with E-state index >= 15 is 0 Å². The van der Waals surface area contributed by atoms with Gasteiger partial charge in [0, 0.05) is 35.1 Å². The lowest BCUT2D eigenvalue weighted by Gasteiger charge is -2.33. The summed E-state index contributed by atoms with van der Waals surface area (Å²) in [5.41, 5.74) is 11.0. The van der Waals surface area contributed by atoms with Gasteiger partial charge in [0.05, 0.1) is 27.8 Å². The van der Waals surface area contributed by atoms with Crippen LogP contribution in [0.2, 0.25) is 0 Å². The maximum absolute atomic E-state index is 5.18. The fraction of sp³-hybridized carbons (Fsp3) is 0.0213. The van der Waals surface area contributed by atoms with E-state index in [1.165, 1.54) is 65.7 Å². The quantitative estimate of drug-likeness (QED) is 0.190. The Kier molecular flexibility index (Phi) is 5.84. The van der Waals surface area contributed by atoms with E-state index in [-0.39, 0.29) is 0 Å². The number of nitrogens with zero attached hydrogens (tertiary/aromatic N) is 4. The Balaban J connectivity index is 1.26. The first-order chi connectivity index (χ1) is 25.3. The molecule has 0 unspecified atom stereocenters. The lowest BCUT2D eigenvalue weighted by molar-refractivity contribution is 0.735. The van der Waals surface area contributed by atoms with Crippen molar-refractivity contribution in [3.05, 3.63) is 205 Å². The van der Waals surface area contributed by atoms with Crippen molar-refractivity contribution in [2.45, 2.75) is 5.41 Å². The zero-order chi connectivity index (χ0) is 33.5. The number of hydrogen-bond acceptors (Lipinski definition) is 2. The standard InChI is InChI=1S/C47H30N4/c1-3-15-36-31(11-1)20-24-40-45(36)46-37-16-4-2-12-32(37)21-25-41(46)47(40,44-19-7-8-26-48-44)33-13-9-14-35(29-33)51-42-18-6-5-17-38(42)39-23-22-34(30-43(39)51)50-28-10-27-49-50/h1-30H. The zero-order valence-electron chi connectivity index (χ0n) is 27.6. The van der Waals surface area contributed by atoms with Gasteiger partial charge in [-0.2, -0.15) is 5.10 Å². The second kappa shape index (κ2) is 10.6. The average Bonchev–Trinajstić information content (AvgIpc) is 3.93. The van der Waals surface area contributed by atoms with Gasteiger partial charge in [0.2, 0.25) is 0 Å². The first-order valence-electron chi connectivity index (χ1n) is 17.4. The van der Waals surface area contributed by atoms with Gasteiger partial charge in [0.1, 0.15) is 0 Å². The summed E-state index contributed by atoms with van der Waals surface area (Å²) in [5, 5.41) is 12.0. The number of para-hydroxylation sites is 1. The number of pyridine rings is 1. The summed E-state index contributed by atoms with van der Waals surface area (Å²) in [5.74, 6) is 0. The average molecular weight is 651 g/mol. The molecule has 0 amide bonds. The predicted octanol–water partition coefficient (Wildman–Crippen LogP) is 11.0. The lowest BCUT2D eigenvalue weighted by Crippen LogP contribution is -2.30. The summed E-state index contributed by atoms with van der Waals surface area (Å²) in [6.07, 6.45) is 5.75.